The van der Waals surface area contributed by atoms with Crippen molar-refractivity contribution in [3.05, 3.63) is 12.2 Å². The zero-order valence-electron chi connectivity index (χ0n) is 32.7. The summed E-state index contributed by atoms with van der Waals surface area (Å²) in [6, 6.07) is 0. The minimum atomic E-state index is -0.592. The van der Waals surface area contributed by atoms with Crippen LogP contribution >= 0.6 is 0 Å². The third kappa shape index (κ3) is 9.73. The molecule has 0 aromatic heterocycles. The third-order valence-electron chi connectivity index (χ3n) is 15.4. The van der Waals surface area contributed by atoms with Crippen molar-refractivity contribution in [1.29, 1.82) is 0 Å². The predicted octanol–water partition coefficient (Wildman–Crippen LogP) is 13.0. The molecular formula is C45H80O3. The van der Waals surface area contributed by atoms with Crippen LogP contribution in [0, 0.1) is 64.1 Å². The maximum Gasteiger partial charge on any atom is 0.306 e. The summed E-state index contributed by atoms with van der Waals surface area (Å²) < 4.78 is 0. The predicted molar refractivity (Wildman–Crippen MR) is 204 cm³/mol. The molecule has 0 aromatic carbocycles. The second-order valence-electron chi connectivity index (χ2n) is 18.7. The van der Waals surface area contributed by atoms with Crippen LogP contribution in [0.25, 0.3) is 0 Å². The first-order valence-electron chi connectivity index (χ1n) is 21.6. The first-order chi connectivity index (χ1) is 23.0. The van der Waals surface area contributed by atoms with E-state index in [1.54, 1.807) is 0 Å². The average Bonchev–Trinajstić information content (AvgIpc) is 3.40. The molecule has 11 atom stereocenters. The SMILES string of the molecule is CCCCCCCC/C=C\CCCCCCC(C(=O)O)C1C[C@@H](O)C[C@H]2CC[C@@H]3[C@@H]4CC[C@H]([C@H](C)CCCC(C)C)[C@@]4(C)CC[C@@H]3[C@@]12C. The van der Waals surface area contributed by atoms with Gasteiger partial charge in [0.15, 0.2) is 0 Å². The van der Waals surface area contributed by atoms with Crippen molar-refractivity contribution < 1.29 is 15.0 Å². The fourth-order valence-corrected chi connectivity index (χ4v) is 12.8. The highest BCUT2D eigenvalue weighted by Gasteiger charge is 2.63. The average molecular weight is 669 g/mol. The first-order valence-corrected chi connectivity index (χ1v) is 21.6. The number of carboxylic acid groups (broad SMARTS) is 1. The summed E-state index contributed by atoms with van der Waals surface area (Å²) in [5.41, 5.74) is 0.509. The highest BCUT2D eigenvalue weighted by Crippen LogP contribution is 2.70. The van der Waals surface area contributed by atoms with Gasteiger partial charge in [0.25, 0.3) is 0 Å². The summed E-state index contributed by atoms with van der Waals surface area (Å²) >= 11 is 0. The Hall–Kier alpha value is -0.830. The van der Waals surface area contributed by atoms with E-state index in [1.807, 2.05) is 0 Å². The summed E-state index contributed by atoms with van der Waals surface area (Å²) in [4.78, 5) is 13.0. The molecule has 2 N–H and O–H groups in total. The number of carboxylic acids is 1. The van der Waals surface area contributed by atoms with Gasteiger partial charge in [-0.3, -0.25) is 4.79 Å². The van der Waals surface area contributed by atoms with Crippen LogP contribution < -0.4 is 0 Å². The number of hydrogen-bond acceptors (Lipinski definition) is 2. The maximum absolute atomic E-state index is 13.0. The van der Waals surface area contributed by atoms with Crippen molar-refractivity contribution in [2.75, 3.05) is 0 Å². The second kappa shape index (κ2) is 19.1. The van der Waals surface area contributed by atoms with Gasteiger partial charge in [-0.25, -0.2) is 0 Å². The molecule has 2 unspecified atom stereocenters. The molecule has 4 aliphatic carbocycles. The fourth-order valence-electron chi connectivity index (χ4n) is 12.8. The van der Waals surface area contributed by atoms with E-state index in [2.05, 4.69) is 53.7 Å². The largest absolute Gasteiger partial charge is 0.481 e. The standard InChI is InChI=1S/C45H80O3/c1-7-8-9-10-11-12-13-14-15-16-17-18-19-20-24-38(43(47)48)42-32-36(46)31-35-25-26-37-40-28-27-39(34(4)23-21-22-33(2)3)44(40,5)30-29-41(37)45(35,42)6/h14-15,33-42,46H,7-13,16-32H2,1-6H3,(H,47,48)/b15-14-/t34-,35-,36+,37-,38?,39-,40+,41+,42?,44-,45+/m1/s1. The highest BCUT2D eigenvalue weighted by molar-refractivity contribution is 5.70. The molecule has 4 saturated carbocycles. The minimum Gasteiger partial charge on any atom is -0.481 e. The number of fused-ring (bicyclic) bond motifs is 5. The van der Waals surface area contributed by atoms with Crippen molar-refractivity contribution in [1.82, 2.24) is 0 Å². The summed E-state index contributed by atoms with van der Waals surface area (Å²) in [6.07, 6.45) is 34.0. The van der Waals surface area contributed by atoms with Crippen LogP contribution in [-0.4, -0.2) is 22.3 Å². The molecule has 4 aliphatic rings. The van der Waals surface area contributed by atoms with Gasteiger partial charge in [0, 0.05) is 0 Å². The lowest BCUT2D eigenvalue weighted by molar-refractivity contribution is -0.180. The van der Waals surface area contributed by atoms with Gasteiger partial charge in [-0.2, -0.15) is 0 Å². The lowest BCUT2D eigenvalue weighted by Gasteiger charge is -2.64. The van der Waals surface area contributed by atoms with Crippen LogP contribution in [0.4, 0.5) is 0 Å². The monoisotopic (exact) mass is 669 g/mol. The van der Waals surface area contributed by atoms with Gasteiger partial charge in [0.05, 0.1) is 12.0 Å². The van der Waals surface area contributed by atoms with Crippen LogP contribution in [0.2, 0.25) is 0 Å². The molecular weight excluding hydrogens is 588 g/mol. The van der Waals surface area contributed by atoms with Crippen LogP contribution in [-0.2, 0) is 4.79 Å². The molecule has 278 valence electrons. The highest BCUT2D eigenvalue weighted by atomic mass is 16.4. The molecule has 0 aliphatic heterocycles. The van der Waals surface area contributed by atoms with Crippen molar-refractivity contribution >= 4 is 5.97 Å². The maximum atomic E-state index is 13.0. The molecule has 0 radical (unpaired) electrons. The Balaban J connectivity index is 1.32. The number of rotatable bonds is 21. The van der Waals surface area contributed by atoms with Gasteiger partial charge >= 0.3 is 5.97 Å². The van der Waals surface area contributed by atoms with E-state index >= 15 is 0 Å². The number of hydrogen-bond donors (Lipinski definition) is 2. The molecule has 0 amide bonds. The Bertz CT molecular complexity index is 971. The number of aliphatic carboxylic acids is 1. The molecule has 4 rings (SSSR count). The summed E-state index contributed by atoms with van der Waals surface area (Å²) in [5.74, 6) is 4.35. The lowest BCUT2D eigenvalue weighted by Crippen LogP contribution is -2.59. The topological polar surface area (TPSA) is 57.5 Å². The van der Waals surface area contributed by atoms with Gasteiger partial charge < -0.3 is 10.2 Å². The Kier molecular flexibility index (Phi) is 15.9. The van der Waals surface area contributed by atoms with E-state index < -0.39 is 5.97 Å². The van der Waals surface area contributed by atoms with Gasteiger partial charge in [-0.15, -0.1) is 0 Å². The molecule has 3 nitrogen and oxygen atoms in total. The van der Waals surface area contributed by atoms with Gasteiger partial charge in [0.1, 0.15) is 0 Å². The Morgan fingerprint density at radius 1 is 0.729 bits per heavy atom. The van der Waals surface area contributed by atoms with E-state index in [0.717, 1.165) is 61.7 Å². The number of unbranched alkanes of at least 4 members (excludes halogenated alkanes) is 10. The second-order valence-corrected chi connectivity index (χ2v) is 18.7. The normalized spacial score (nSPS) is 36.1. The summed E-state index contributed by atoms with van der Waals surface area (Å²) in [7, 11) is 0. The van der Waals surface area contributed by atoms with Gasteiger partial charge in [-0.1, -0.05) is 124 Å². The van der Waals surface area contributed by atoms with Crippen molar-refractivity contribution in [3.63, 3.8) is 0 Å². The van der Waals surface area contributed by atoms with E-state index in [-0.39, 0.29) is 23.4 Å². The zero-order valence-corrected chi connectivity index (χ0v) is 32.7. The molecule has 0 spiro atoms. The Labute approximate surface area is 298 Å². The third-order valence-corrected chi connectivity index (χ3v) is 15.4. The molecule has 0 heterocycles. The summed E-state index contributed by atoms with van der Waals surface area (Å²) in [5, 5.41) is 21.9. The van der Waals surface area contributed by atoms with Crippen LogP contribution in [0.1, 0.15) is 196 Å². The zero-order chi connectivity index (χ0) is 34.7. The lowest BCUT2D eigenvalue weighted by atomic mass is 9.41. The first kappa shape index (κ1) is 39.9. The molecule has 48 heavy (non-hydrogen) atoms. The van der Waals surface area contributed by atoms with Crippen LogP contribution in [0.3, 0.4) is 0 Å². The molecule has 0 bridgehead atoms. The molecule has 0 aromatic rings. The van der Waals surface area contributed by atoms with Crippen molar-refractivity contribution in [3.8, 4) is 0 Å². The van der Waals surface area contributed by atoms with E-state index in [1.165, 1.54) is 116 Å². The van der Waals surface area contributed by atoms with E-state index in [0.29, 0.717) is 23.7 Å². The minimum absolute atomic E-state index is 0.0499. The molecule has 0 saturated heterocycles. The fraction of sp³-hybridized carbons (Fsp3) is 0.933. The van der Waals surface area contributed by atoms with Crippen molar-refractivity contribution in [2.45, 2.75) is 202 Å². The number of aliphatic hydroxyl groups excluding tert-OH is 1. The smallest absolute Gasteiger partial charge is 0.306 e. The summed E-state index contributed by atoms with van der Waals surface area (Å²) in [6.45, 7) is 14.8. The van der Waals surface area contributed by atoms with Crippen LogP contribution in [0.5, 0.6) is 0 Å². The van der Waals surface area contributed by atoms with E-state index in [4.69, 9.17) is 0 Å². The molecule has 3 heteroatoms. The van der Waals surface area contributed by atoms with Gasteiger partial charge in [0.2, 0.25) is 0 Å². The van der Waals surface area contributed by atoms with E-state index in [9.17, 15) is 15.0 Å². The molecule has 4 fully saturated rings. The number of allylic oxidation sites excluding steroid dienone is 2. The van der Waals surface area contributed by atoms with Crippen molar-refractivity contribution in [2.24, 2.45) is 64.1 Å². The Morgan fingerprint density at radius 2 is 1.40 bits per heavy atom. The van der Waals surface area contributed by atoms with Crippen LogP contribution in [0.15, 0.2) is 12.2 Å². The van der Waals surface area contributed by atoms with Gasteiger partial charge in [-0.05, 0) is 142 Å². The quantitative estimate of drug-likeness (QED) is 0.0945. The number of aliphatic hydroxyl groups is 1. The Morgan fingerprint density at radius 3 is 2.06 bits per heavy atom. The number of carbonyl (C=O) groups is 1.